The second-order valence-corrected chi connectivity index (χ2v) is 4.20. The summed E-state index contributed by atoms with van der Waals surface area (Å²) in [6.45, 7) is 2.03. The normalized spacial score (nSPS) is 29.0. The molecule has 2 aromatic rings. The smallest absolute Gasteiger partial charge is 0.163 e. The first-order valence-corrected chi connectivity index (χ1v) is 5.44. The van der Waals surface area contributed by atoms with Gasteiger partial charge in [-0.25, -0.2) is 9.97 Å². The summed E-state index contributed by atoms with van der Waals surface area (Å²) in [5.74, 6) is 0. The van der Waals surface area contributed by atoms with Gasteiger partial charge in [0, 0.05) is 11.6 Å². The predicted molar refractivity (Wildman–Crippen MR) is 59.3 cm³/mol. The lowest BCUT2D eigenvalue weighted by molar-refractivity contribution is -0.0159. The van der Waals surface area contributed by atoms with Crippen LogP contribution in [0, 0.1) is 6.92 Å². The number of hydrogen-bond acceptors (Lipinski definition) is 5. The van der Waals surface area contributed by atoms with Crippen molar-refractivity contribution in [3.63, 3.8) is 0 Å². The first-order chi connectivity index (χ1) is 8.18. The van der Waals surface area contributed by atoms with Crippen LogP contribution in [-0.4, -0.2) is 43.6 Å². The van der Waals surface area contributed by atoms with Crippen molar-refractivity contribution < 1.29 is 14.9 Å². The highest BCUT2D eigenvalue weighted by Crippen LogP contribution is 2.28. The Hall–Kier alpha value is -1.50. The summed E-state index contributed by atoms with van der Waals surface area (Å²) in [4.78, 5) is 8.29. The Morgan fingerprint density at radius 3 is 2.94 bits per heavy atom. The zero-order chi connectivity index (χ0) is 12.0. The van der Waals surface area contributed by atoms with Gasteiger partial charge in [-0.05, 0) is 13.0 Å². The molecule has 2 N–H and O–H groups in total. The van der Waals surface area contributed by atoms with Crippen LogP contribution < -0.4 is 0 Å². The van der Waals surface area contributed by atoms with E-state index in [2.05, 4.69) is 9.97 Å². The standard InChI is InChI=1S/C11H13N3O3/c1-6-7-2-3-14(10(7)13-5-12-6)11-9(16)8(15)4-17-11/h2-3,5,8-9,11,15-16H,4H2,1H3. The van der Waals surface area contributed by atoms with Crippen LogP contribution >= 0.6 is 0 Å². The Kier molecular flexibility index (Phi) is 2.36. The Balaban J connectivity index is 2.10. The molecule has 0 spiro atoms. The fourth-order valence-corrected chi connectivity index (χ4v) is 2.13. The second kappa shape index (κ2) is 3.76. The molecule has 0 aromatic carbocycles. The lowest BCUT2D eigenvalue weighted by Crippen LogP contribution is -2.27. The zero-order valence-corrected chi connectivity index (χ0v) is 9.32. The van der Waals surface area contributed by atoms with E-state index in [1.165, 1.54) is 6.33 Å². The van der Waals surface area contributed by atoms with E-state index in [1.54, 1.807) is 10.8 Å². The van der Waals surface area contributed by atoms with E-state index in [9.17, 15) is 10.2 Å². The molecule has 1 aliphatic rings. The van der Waals surface area contributed by atoms with Gasteiger partial charge in [0.15, 0.2) is 6.23 Å². The summed E-state index contributed by atoms with van der Waals surface area (Å²) in [6, 6.07) is 1.88. The number of ether oxygens (including phenoxy) is 1. The van der Waals surface area contributed by atoms with Gasteiger partial charge in [-0.15, -0.1) is 0 Å². The Morgan fingerprint density at radius 2 is 2.24 bits per heavy atom. The van der Waals surface area contributed by atoms with Gasteiger partial charge < -0.3 is 19.5 Å². The number of aliphatic hydroxyl groups is 2. The van der Waals surface area contributed by atoms with Gasteiger partial charge in [0.1, 0.15) is 24.2 Å². The fourth-order valence-electron chi connectivity index (χ4n) is 2.13. The molecule has 2 aromatic heterocycles. The molecule has 3 unspecified atom stereocenters. The Labute approximate surface area is 97.5 Å². The summed E-state index contributed by atoms with van der Waals surface area (Å²) in [7, 11) is 0. The highest BCUT2D eigenvalue weighted by atomic mass is 16.5. The van der Waals surface area contributed by atoms with Crippen molar-refractivity contribution in [2.24, 2.45) is 0 Å². The molecule has 0 aliphatic carbocycles. The highest BCUT2D eigenvalue weighted by molar-refractivity contribution is 5.78. The molecule has 1 aliphatic heterocycles. The molecule has 3 heterocycles. The molecule has 0 radical (unpaired) electrons. The summed E-state index contributed by atoms with van der Waals surface area (Å²) in [5, 5.41) is 20.2. The van der Waals surface area contributed by atoms with Crippen LogP contribution in [0.5, 0.6) is 0 Å². The molecular formula is C11H13N3O3. The van der Waals surface area contributed by atoms with Gasteiger partial charge in [0.2, 0.25) is 0 Å². The average molecular weight is 235 g/mol. The maximum Gasteiger partial charge on any atom is 0.163 e. The van der Waals surface area contributed by atoms with Crippen LogP contribution in [0.15, 0.2) is 18.6 Å². The van der Waals surface area contributed by atoms with E-state index in [0.717, 1.165) is 11.1 Å². The molecule has 1 fully saturated rings. The predicted octanol–water partition coefficient (Wildman–Crippen LogP) is -0.00968. The van der Waals surface area contributed by atoms with Crippen molar-refractivity contribution >= 4 is 11.0 Å². The van der Waals surface area contributed by atoms with E-state index in [1.807, 2.05) is 13.0 Å². The Bertz CT molecular complexity index is 554. The Morgan fingerprint density at radius 1 is 1.41 bits per heavy atom. The molecular weight excluding hydrogens is 222 g/mol. The third kappa shape index (κ3) is 1.53. The van der Waals surface area contributed by atoms with Gasteiger partial charge in [-0.1, -0.05) is 0 Å². The third-order valence-corrected chi connectivity index (χ3v) is 3.11. The van der Waals surface area contributed by atoms with Crippen molar-refractivity contribution in [1.82, 2.24) is 14.5 Å². The summed E-state index contributed by atoms with van der Waals surface area (Å²) < 4.78 is 7.10. The van der Waals surface area contributed by atoms with E-state index < -0.39 is 18.4 Å². The minimum atomic E-state index is -0.930. The molecule has 90 valence electrons. The van der Waals surface area contributed by atoms with Crippen molar-refractivity contribution in [3.8, 4) is 0 Å². The average Bonchev–Trinajstić information content (AvgIpc) is 2.86. The van der Waals surface area contributed by atoms with E-state index >= 15 is 0 Å². The largest absolute Gasteiger partial charge is 0.388 e. The molecule has 3 rings (SSSR count). The number of nitrogens with zero attached hydrogens (tertiary/aromatic N) is 3. The molecule has 0 bridgehead atoms. The van der Waals surface area contributed by atoms with Crippen LogP contribution in [0.25, 0.3) is 11.0 Å². The zero-order valence-electron chi connectivity index (χ0n) is 9.32. The van der Waals surface area contributed by atoms with Crippen molar-refractivity contribution in [2.45, 2.75) is 25.4 Å². The van der Waals surface area contributed by atoms with Crippen LogP contribution in [0.3, 0.4) is 0 Å². The van der Waals surface area contributed by atoms with Crippen molar-refractivity contribution in [2.75, 3.05) is 6.61 Å². The summed E-state index contributed by atoms with van der Waals surface area (Å²) in [5.41, 5.74) is 1.58. The maximum absolute atomic E-state index is 9.82. The van der Waals surface area contributed by atoms with E-state index in [0.29, 0.717) is 5.65 Å². The van der Waals surface area contributed by atoms with Crippen molar-refractivity contribution in [1.29, 1.82) is 0 Å². The number of rotatable bonds is 1. The van der Waals surface area contributed by atoms with Gasteiger partial charge in [-0.3, -0.25) is 0 Å². The molecule has 6 heteroatoms. The number of aromatic nitrogens is 3. The summed E-state index contributed by atoms with van der Waals surface area (Å²) in [6.07, 6.45) is 0.905. The molecule has 6 nitrogen and oxygen atoms in total. The van der Waals surface area contributed by atoms with Crippen LogP contribution in [0.4, 0.5) is 0 Å². The monoisotopic (exact) mass is 235 g/mol. The molecule has 3 atom stereocenters. The van der Waals surface area contributed by atoms with Crippen LogP contribution in [0.1, 0.15) is 11.9 Å². The number of aryl methyl sites for hydroxylation is 1. The quantitative estimate of drug-likeness (QED) is 0.726. The molecule has 1 saturated heterocycles. The highest BCUT2D eigenvalue weighted by Gasteiger charge is 2.36. The van der Waals surface area contributed by atoms with Crippen molar-refractivity contribution in [3.05, 3.63) is 24.3 Å². The molecule has 0 amide bonds. The van der Waals surface area contributed by atoms with Gasteiger partial charge >= 0.3 is 0 Å². The number of aliphatic hydroxyl groups excluding tert-OH is 2. The lowest BCUT2D eigenvalue weighted by atomic mass is 10.2. The van der Waals surface area contributed by atoms with Crippen LogP contribution in [-0.2, 0) is 4.74 Å². The molecule has 17 heavy (non-hydrogen) atoms. The minimum Gasteiger partial charge on any atom is -0.388 e. The van der Waals surface area contributed by atoms with Crippen LogP contribution in [0.2, 0.25) is 0 Å². The van der Waals surface area contributed by atoms with E-state index in [-0.39, 0.29) is 6.61 Å². The number of fused-ring (bicyclic) bond motifs is 1. The molecule has 0 saturated carbocycles. The first kappa shape index (κ1) is 10.6. The van der Waals surface area contributed by atoms with Gasteiger partial charge in [-0.2, -0.15) is 0 Å². The first-order valence-electron chi connectivity index (χ1n) is 5.44. The summed E-state index contributed by atoms with van der Waals surface area (Å²) >= 11 is 0. The van der Waals surface area contributed by atoms with Gasteiger partial charge in [0.05, 0.1) is 12.3 Å². The maximum atomic E-state index is 9.82. The number of hydrogen-bond donors (Lipinski definition) is 2. The fraction of sp³-hybridized carbons (Fsp3) is 0.455. The lowest BCUT2D eigenvalue weighted by Gasteiger charge is -2.17. The minimum absolute atomic E-state index is 0.134. The topological polar surface area (TPSA) is 80.4 Å². The third-order valence-electron chi connectivity index (χ3n) is 3.11. The van der Waals surface area contributed by atoms with E-state index in [4.69, 9.17) is 4.74 Å². The second-order valence-electron chi connectivity index (χ2n) is 4.20. The SMILES string of the molecule is Cc1ncnc2c1ccn2C1OCC(O)C1O. The van der Waals surface area contributed by atoms with Gasteiger partial charge in [0.25, 0.3) is 0 Å².